The van der Waals surface area contributed by atoms with Crippen LogP contribution in [0.25, 0.3) is 0 Å². The normalized spacial score (nSPS) is 42.1. The largest absolute Gasteiger partial charge is 0.455 e. The van der Waals surface area contributed by atoms with Gasteiger partial charge in [-0.25, -0.2) is 4.79 Å². The van der Waals surface area contributed by atoms with E-state index in [1.807, 2.05) is 26.0 Å². The van der Waals surface area contributed by atoms with Gasteiger partial charge in [-0.2, -0.15) is 0 Å². The number of carbonyl (C=O) groups is 2. The molecule has 1 spiro atoms. The summed E-state index contributed by atoms with van der Waals surface area (Å²) in [4.78, 5) is 27.3. The first kappa shape index (κ1) is 28.0. The molecule has 4 rings (SSSR count). The SMILES string of the molecule is CCCCC/C=C/C=C/C(=O)O[C@@]12C[C@@H](C)[C@]34C=C(C)[C@H](O)[C@@]3(O)[C@H](O)C(CO)=C[C@H](C4=O)[C@@H]1C2(C)C. The summed E-state index contributed by atoms with van der Waals surface area (Å²) in [5, 5.41) is 44.3. The molecule has 0 aliphatic heterocycles. The number of aliphatic hydroxyl groups is 4. The molecule has 0 aromatic heterocycles. The van der Waals surface area contributed by atoms with Crippen molar-refractivity contribution in [2.24, 2.45) is 28.6 Å². The number of fused-ring (bicyclic) bond motifs is 3. The van der Waals surface area contributed by atoms with Gasteiger partial charge in [-0.05, 0) is 43.3 Å². The number of ether oxygens (including phenoxy) is 1. The Kier molecular flexibility index (Phi) is 7.25. The molecule has 0 saturated heterocycles. The number of unbranched alkanes of at least 4 members (excludes halogenated alkanes) is 3. The van der Waals surface area contributed by atoms with E-state index in [-0.39, 0.29) is 17.8 Å². The van der Waals surface area contributed by atoms with E-state index in [9.17, 15) is 30.0 Å². The van der Waals surface area contributed by atoms with E-state index in [1.165, 1.54) is 18.6 Å². The highest BCUT2D eigenvalue weighted by Crippen LogP contribution is 2.75. The fraction of sp³-hybridized carbons (Fsp3) is 0.667. The van der Waals surface area contributed by atoms with Gasteiger partial charge in [0.15, 0.2) is 5.78 Å². The lowest BCUT2D eigenvalue weighted by Crippen LogP contribution is -2.65. The summed E-state index contributed by atoms with van der Waals surface area (Å²) < 4.78 is 6.16. The summed E-state index contributed by atoms with van der Waals surface area (Å²) in [5.41, 5.74) is -4.86. The van der Waals surface area contributed by atoms with Crippen molar-refractivity contribution in [1.82, 2.24) is 0 Å². The number of allylic oxidation sites excluding steroid dienone is 4. The molecular formula is C30H42O7. The second kappa shape index (κ2) is 9.60. The van der Waals surface area contributed by atoms with E-state index in [0.29, 0.717) is 5.57 Å². The van der Waals surface area contributed by atoms with E-state index in [4.69, 9.17) is 4.74 Å². The molecule has 2 bridgehead atoms. The lowest BCUT2D eigenvalue weighted by molar-refractivity contribution is -0.191. The molecule has 0 aromatic carbocycles. The number of carbonyl (C=O) groups excluding carboxylic acids is 2. The minimum Gasteiger partial charge on any atom is -0.455 e. The van der Waals surface area contributed by atoms with Crippen molar-refractivity contribution in [2.45, 2.75) is 90.1 Å². The Hall–Kier alpha value is -2.06. The molecule has 2 saturated carbocycles. The molecular weight excluding hydrogens is 472 g/mol. The molecule has 4 aliphatic carbocycles. The summed E-state index contributed by atoms with van der Waals surface area (Å²) in [5.74, 6) is -2.60. The maximum atomic E-state index is 14.3. The lowest BCUT2D eigenvalue weighted by Gasteiger charge is -2.48. The number of esters is 1. The van der Waals surface area contributed by atoms with Crippen molar-refractivity contribution in [2.75, 3.05) is 6.61 Å². The van der Waals surface area contributed by atoms with Crippen LogP contribution in [0.4, 0.5) is 0 Å². The topological polar surface area (TPSA) is 124 Å². The Morgan fingerprint density at radius 2 is 1.89 bits per heavy atom. The predicted molar refractivity (Wildman–Crippen MR) is 139 cm³/mol. The van der Waals surface area contributed by atoms with Crippen LogP contribution in [-0.2, 0) is 14.3 Å². The Balaban J connectivity index is 1.71. The van der Waals surface area contributed by atoms with Gasteiger partial charge in [0.25, 0.3) is 0 Å². The number of hydrogen-bond donors (Lipinski definition) is 4. The van der Waals surface area contributed by atoms with Crippen molar-refractivity contribution in [3.8, 4) is 0 Å². The van der Waals surface area contributed by atoms with Crippen LogP contribution in [0.5, 0.6) is 0 Å². The molecule has 0 radical (unpaired) electrons. The van der Waals surface area contributed by atoms with Gasteiger partial charge in [-0.3, -0.25) is 4.79 Å². The third-order valence-electron chi connectivity index (χ3n) is 9.79. The molecule has 2 fully saturated rings. The fourth-order valence-electron chi connectivity index (χ4n) is 7.76. The zero-order valence-corrected chi connectivity index (χ0v) is 22.6. The van der Waals surface area contributed by atoms with Gasteiger partial charge in [0.2, 0.25) is 0 Å². The molecule has 0 heterocycles. The molecule has 0 unspecified atom stereocenters. The van der Waals surface area contributed by atoms with Gasteiger partial charge in [0, 0.05) is 23.3 Å². The molecule has 8 atom stereocenters. The number of aliphatic hydroxyl groups excluding tert-OH is 3. The summed E-state index contributed by atoms with van der Waals surface area (Å²) in [7, 11) is 0. The van der Waals surface area contributed by atoms with Gasteiger partial charge in [0.05, 0.1) is 12.0 Å². The second-order valence-electron chi connectivity index (χ2n) is 12.1. The third kappa shape index (κ3) is 3.76. The van der Waals surface area contributed by atoms with Gasteiger partial charge < -0.3 is 25.2 Å². The Morgan fingerprint density at radius 1 is 1.19 bits per heavy atom. The minimum atomic E-state index is -2.23. The van der Waals surface area contributed by atoms with Gasteiger partial charge in [-0.1, -0.05) is 70.9 Å². The highest BCUT2D eigenvalue weighted by atomic mass is 16.6. The van der Waals surface area contributed by atoms with Crippen molar-refractivity contribution < 1.29 is 34.8 Å². The van der Waals surface area contributed by atoms with Crippen LogP contribution in [0.2, 0.25) is 0 Å². The quantitative estimate of drug-likeness (QED) is 0.129. The van der Waals surface area contributed by atoms with Crippen LogP contribution in [-0.4, -0.2) is 62.2 Å². The van der Waals surface area contributed by atoms with Crippen LogP contribution in [0.15, 0.2) is 47.6 Å². The average molecular weight is 515 g/mol. The zero-order valence-electron chi connectivity index (χ0n) is 22.6. The van der Waals surface area contributed by atoms with Crippen molar-refractivity contribution in [1.29, 1.82) is 0 Å². The van der Waals surface area contributed by atoms with Gasteiger partial charge in [-0.15, -0.1) is 0 Å². The van der Waals surface area contributed by atoms with E-state index in [2.05, 4.69) is 6.92 Å². The molecule has 4 aliphatic rings. The average Bonchev–Trinajstić information content (AvgIpc) is 3.26. The van der Waals surface area contributed by atoms with Crippen LogP contribution in [0.1, 0.15) is 66.7 Å². The Bertz CT molecular complexity index is 1070. The number of Topliss-reactive ketones (excluding diaryl/α,β-unsaturated/α-hetero) is 1. The maximum Gasteiger partial charge on any atom is 0.331 e. The first-order chi connectivity index (χ1) is 17.4. The monoisotopic (exact) mass is 514 g/mol. The third-order valence-corrected chi connectivity index (χ3v) is 9.79. The number of hydrogen-bond acceptors (Lipinski definition) is 7. The van der Waals surface area contributed by atoms with E-state index < -0.39 is 64.6 Å². The lowest BCUT2D eigenvalue weighted by atomic mass is 9.59. The first-order valence-corrected chi connectivity index (χ1v) is 13.6. The summed E-state index contributed by atoms with van der Waals surface area (Å²) in [6, 6.07) is 0. The number of ketones is 1. The summed E-state index contributed by atoms with van der Waals surface area (Å²) in [6.07, 6.45) is 11.6. The second-order valence-corrected chi connectivity index (χ2v) is 12.1. The molecule has 7 heteroatoms. The smallest absolute Gasteiger partial charge is 0.331 e. The van der Waals surface area contributed by atoms with Crippen LogP contribution < -0.4 is 0 Å². The van der Waals surface area contributed by atoms with Crippen LogP contribution in [0, 0.1) is 28.6 Å². The van der Waals surface area contributed by atoms with Crippen LogP contribution >= 0.6 is 0 Å². The molecule has 0 aromatic rings. The fourth-order valence-corrected chi connectivity index (χ4v) is 7.76. The molecule has 37 heavy (non-hydrogen) atoms. The Morgan fingerprint density at radius 3 is 2.54 bits per heavy atom. The van der Waals surface area contributed by atoms with E-state index >= 15 is 0 Å². The molecule has 204 valence electrons. The van der Waals surface area contributed by atoms with Gasteiger partial charge in [0.1, 0.15) is 23.4 Å². The highest BCUT2D eigenvalue weighted by molar-refractivity contribution is 5.96. The van der Waals surface area contributed by atoms with Crippen molar-refractivity contribution in [3.63, 3.8) is 0 Å². The predicted octanol–water partition coefficient (Wildman–Crippen LogP) is 3.17. The van der Waals surface area contributed by atoms with Crippen molar-refractivity contribution in [3.05, 3.63) is 47.6 Å². The first-order valence-electron chi connectivity index (χ1n) is 13.6. The van der Waals surface area contributed by atoms with Gasteiger partial charge >= 0.3 is 5.97 Å². The molecule has 4 N–H and O–H groups in total. The Labute approximate surface area is 219 Å². The number of rotatable bonds is 8. The van der Waals surface area contributed by atoms with E-state index in [0.717, 1.165) is 19.3 Å². The standard InChI is InChI=1S/C30H42O7/c1-6-7-8-9-10-11-12-13-22(32)37-29-16-19(3)28-15-18(2)24(33)30(28,36)25(34)20(17-31)14-21(26(28)35)23(29)27(29,4)5/h10-15,19,21,23-25,31,33-34,36H,6-9,16-17H2,1-5H3/b11-10+,13-12+/t19-,21+,23-,24+,25-,28+,29+,30-/m1/s1. The minimum absolute atomic E-state index is 0.0926. The molecule has 0 amide bonds. The highest BCUT2D eigenvalue weighted by Gasteiger charge is 2.83. The zero-order chi connectivity index (χ0) is 27.4. The van der Waals surface area contributed by atoms with Crippen LogP contribution in [0.3, 0.4) is 0 Å². The van der Waals surface area contributed by atoms with E-state index in [1.54, 1.807) is 26.0 Å². The maximum absolute atomic E-state index is 14.3. The summed E-state index contributed by atoms with van der Waals surface area (Å²) >= 11 is 0. The molecule has 7 nitrogen and oxygen atoms in total. The van der Waals surface area contributed by atoms with Crippen molar-refractivity contribution >= 4 is 11.8 Å². The summed E-state index contributed by atoms with van der Waals surface area (Å²) in [6.45, 7) is 8.94.